The quantitative estimate of drug-likeness (QED) is 0.465. The van der Waals surface area contributed by atoms with Gasteiger partial charge in [-0.2, -0.15) is 0 Å². The van der Waals surface area contributed by atoms with Gasteiger partial charge in [0.05, 0.1) is 24.7 Å². The fraction of sp³-hybridized carbons (Fsp3) is 0.227. The highest BCUT2D eigenvalue weighted by atomic mass is 16.6. The molecule has 2 aromatic carbocycles. The fourth-order valence-electron chi connectivity index (χ4n) is 3.75. The zero-order valence-corrected chi connectivity index (χ0v) is 16.7. The zero-order valence-electron chi connectivity index (χ0n) is 16.7. The van der Waals surface area contributed by atoms with Crippen molar-refractivity contribution < 1.29 is 19.2 Å². The van der Waals surface area contributed by atoms with E-state index in [1.54, 1.807) is 26.2 Å². The molecule has 0 amide bonds. The summed E-state index contributed by atoms with van der Waals surface area (Å²) in [6.45, 7) is 3.70. The smallest absolute Gasteiger partial charge is 0.336 e. The number of rotatable bonds is 5. The monoisotopic (exact) mass is 394 g/mol. The first-order valence-electron chi connectivity index (χ1n) is 9.03. The van der Waals surface area contributed by atoms with E-state index in [4.69, 9.17) is 9.47 Å². The van der Waals surface area contributed by atoms with Crippen molar-refractivity contribution in [3.8, 4) is 5.75 Å². The topological polar surface area (TPSA) is 90.7 Å². The molecular formula is C22H22N2O5. The average molecular weight is 394 g/mol. The SMILES string of the molecule is COC(=O)C1=C(C)NC(C)=C(c2ccccc2OC)C1c1cccc([N+](=O)[O-])c1. The lowest BCUT2D eigenvalue weighted by molar-refractivity contribution is -0.384. The van der Waals surface area contributed by atoms with Gasteiger partial charge in [0, 0.05) is 35.0 Å². The highest BCUT2D eigenvalue weighted by Crippen LogP contribution is 2.46. The molecule has 0 radical (unpaired) electrons. The van der Waals surface area contributed by atoms with Crippen molar-refractivity contribution in [1.29, 1.82) is 0 Å². The Kier molecular flexibility index (Phi) is 5.68. The number of carbonyl (C=O) groups is 1. The van der Waals surface area contributed by atoms with Crippen molar-refractivity contribution in [1.82, 2.24) is 5.32 Å². The summed E-state index contributed by atoms with van der Waals surface area (Å²) in [4.78, 5) is 23.6. The number of carbonyl (C=O) groups excluding carboxylic acids is 1. The van der Waals surface area contributed by atoms with Crippen molar-refractivity contribution in [2.75, 3.05) is 14.2 Å². The molecule has 3 rings (SSSR count). The third kappa shape index (κ3) is 3.71. The summed E-state index contributed by atoms with van der Waals surface area (Å²) in [6.07, 6.45) is 0. The molecule has 1 heterocycles. The lowest BCUT2D eigenvalue weighted by atomic mass is 9.77. The van der Waals surface area contributed by atoms with E-state index in [1.807, 2.05) is 31.2 Å². The molecule has 0 saturated heterocycles. The summed E-state index contributed by atoms with van der Waals surface area (Å²) in [5.74, 6) is -0.408. The number of hydrogen-bond acceptors (Lipinski definition) is 6. The van der Waals surface area contributed by atoms with Gasteiger partial charge in [-0.25, -0.2) is 4.79 Å². The van der Waals surface area contributed by atoms with E-state index in [0.717, 1.165) is 16.8 Å². The molecular weight excluding hydrogens is 372 g/mol. The van der Waals surface area contributed by atoms with Gasteiger partial charge in [0.1, 0.15) is 5.75 Å². The van der Waals surface area contributed by atoms with Crippen LogP contribution in [0.5, 0.6) is 5.75 Å². The van der Waals surface area contributed by atoms with Crippen LogP contribution in [0.2, 0.25) is 0 Å². The van der Waals surface area contributed by atoms with Gasteiger partial charge in [-0.05, 0) is 31.1 Å². The second kappa shape index (κ2) is 8.18. The fourth-order valence-corrected chi connectivity index (χ4v) is 3.75. The van der Waals surface area contributed by atoms with Crippen LogP contribution in [-0.4, -0.2) is 25.1 Å². The maximum absolute atomic E-state index is 12.7. The standard InChI is InChI=1S/C22H22N2O5/c1-13-19(17-10-5-6-11-18(17)28-3)21(20(14(2)23-13)22(25)29-4)15-8-7-9-16(12-15)24(26)27/h5-12,21,23H,1-4H3. The lowest BCUT2D eigenvalue weighted by Crippen LogP contribution is -2.28. The number of hydrogen-bond donors (Lipinski definition) is 1. The number of ether oxygens (including phenoxy) is 2. The summed E-state index contributed by atoms with van der Waals surface area (Å²) in [5.41, 5.74) is 4.06. The summed E-state index contributed by atoms with van der Waals surface area (Å²) in [6, 6.07) is 13.8. The van der Waals surface area contributed by atoms with Crippen molar-refractivity contribution >= 4 is 17.2 Å². The first kappa shape index (κ1) is 20.1. The normalized spacial score (nSPS) is 16.3. The molecule has 1 N–H and O–H groups in total. The second-order valence-electron chi connectivity index (χ2n) is 6.68. The Hall–Kier alpha value is -3.61. The van der Waals surface area contributed by atoms with Gasteiger partial charge >= 0.3 is 5.97 Å². The van der Waals surface area contributed by atoms with Crippen LogP contribution in [0.1, 0.15) is 30.9 Å². The second-order valence-corrected chi connectivity index (χ2v) is 6.68. The van der Waals surface area contributed by atoms with Gasteiger partial charge in [0.25, 0.3) is 5.69 Å². The van der Waals surface area contributed by atoms with Crippen LogP contribution in [0.15, 0.2) is 65.5 Å². The average Bonchev–Trinajstić information content (AvgIpc) is 2.72. The minimum atomic E-state index is -0.556. The largest absolute Gasteiger partial charge is 0.496 e. The number of non-ortho nitro benzene ring substituents is 1. The van der Waals surface area contributed by atoms with Crippen LogP contribution in [-0.2, 0) is 9.53 Å². The molecule has 0 saturated carbocycles. The molecule has 29 heavy (non-hydrogen) atoms. The van der Waals surface area contributed by atoms with E-state index in [0.29, 0.717) is 22.6 Å². The Morgan fingerprint density at radius 3 is 2.45 bits per heavy atom. The van der Waals surface area contributed by atoms with Gasteiger partial charge in [0.15, 0.2) is 0 Å². The number of para-hydroxylation sites is 1. The maximum atomic E-state index is 12.7. The highest BCUT2D eigenvalue weighted by Gasteiger charge is 2.36. The van der Waals surface area contributed by atoms with Gasteiger partial charge in [-0.1, -0.05) is 30.3 Å². The number of nitro groups is 1. The van der Waals surface area contributed by atoms with Gasteiger partial charge in [-0.15, -0.1) is 0 Å². The number of benzene rings is 2. The lowest BCUT2D eigenvalue weighted by Gasteiger charge is -2.32. The summed E-state index contributed by atoms with van der Waals surface area (Å²) >= 11 is 0. The minimum absolute atomic E-state index is 0.0417. The number of esters is 1. The molecule has 7 nitrogen and oxygen atoms in total. The first-order valence-corrected chi connectivity index (χ1v) is 9.03. The zero-order chi connectivity index (χ0) is 21.1. The summed E-state index contributed by atoms with van der Waals surface area (Å²) in [5, 5.41) is 14.6. The third-order valence-corrected chi connectivity index (χ3v) is 4.98. The number of nitrogens with zero attached hydrogens (tertiary/aromatic N) is 1. The first-order chi connectivity index (χ1) is 13.9. The molecule has 0 bridgehead atoms. The molecule has 0 spiro atoms. The number of nitrogens with one attached hydrogen (secondary N) is 1. The minimum Gasteiger partial charge on any atom is -0.496 e. The van der Waals surface area contributed by atoms with Crippen LogP contribution in [0.3, 0.4) is 0 Å². The van der Waals surface area contributed by atoms with Gasteiger partial charge in [0.2, 0.25) is 0 Å². The van der Waals surface area contributed by atoms with Crippen molar-refractivity contribution in [3.05, 3.63) is 86.7 Å². The highest BCUT2D eigenvalue weighted by molar-refractivity contribution is 5.98. The van der Waals surface area contributed by atoms with E-state index < -0.39 is 16.8 Å². The van der Waals surface area contributed by atoms with E-state index in [9.17, 15) is 14.9 Å². The third-order valence-electron chi connectivity index (χ3n) is 4.98. The molecule has 0 fully saturated rings. The molecule has 0 aromatic heterocycles. The molecule has 7 heteroatoms. The van der Waals surface area contributed by atoms with E-state index >= 15 is 0 Å². The Morgan fingerprint density at radius 2 is 1.79 bits per heavy atom. The van der Waals surface area contributed by atoms with Crippen LogP contribution in [0.25, 0.3) is 5.57 Å². The molecule has 1 unspecified atom stereocenters. The predicted octanol–water partition coefficient (Wildman–Crippen LogP) is 4.17. The molecule has 2 aromatic rings. The Labute approximate surface area is 168 Å². The Bertz CT molecular complexity index is 1040. The molecule has 1 aliphatic heterocycles. The molecule has 150 valence electrons. The Morgan fingerprint density at radius 1 is 1.07 bits per heavy atom. The number of nitro benzene ring substituents is 1. The van der Waals surface area contributed by atoms with Gasteiger partial charge in [-0.3, -0.25) is 10.1 Å². The van der Waals surface area contributed by atoms with E-state index in [2.05, 4.69) is 5.32 Å². The van der Waals surface area contributed by atoms with Crippen molar-refractivity contribution in [3.63, 3.8) is 0 Å². The van der Waals surface area contributed by atoms with E-state index in [-0.39, 0.29) is 5.69 Å². The van der Waals surface area contributed by atoms with Crippen LogP contribution in [0, 0.1) is 10.1 Å². The number of allylic oxidation sites excluding steroid dienone is 3. The van der Waals surface area contributed by atoms with E-state index in [1.165, 1.54) is 19.2 Å². The maximum Gasteiger partial charge on any atom is 0.336 e. The predicted molar refractivity (Wildman–Crippen MR) is 109 cm³/mol. The number of methoxy groups -OCH3 is 2. The van der Waals surface area contributed by atoms with Crippen molar-refractivity contribution in [2.24, 2.45) is 0 Å². The molecule has 0 aliphatic carbocycles. The number of dihydropyridines is 1. The van der Waals surface area contributed by atoms with Crippen LogP contribution < -0.4 is 10.1 Å². The van der Waals surface area contributed by atoms with Gasteiger partial charge < -0.3 is 14.8 Å². The van der Waals surface area contributed by atoms with Crippen LogP contribution >= 0.6 is 0 Å². The Balaban J connectivity index is 2.30. The van der Waals surface area contributed by atoms with Crippen molar-refractivity contribution in [2.45, 2.75) is 19.8 Å². The summed E-state index contributed by atoms with van der Waals surface area (Å²) in [7, 11) is 2.90. The van der Waals surface area contributed by atoms with Crippen LogP contribution in [0.4, 0.5) is 5.69 Å². The summed E-state index contributed by atoms with van der Waals surface area (Å²) < 4.78 is 10.6. The molecule has 1 atom stereocenters. The molecule has 1 aliphatic rings.